The molecule has 12 atom stereocenters. The van der Waals surface area contributed by atoms with E-state index in [1.165, 1.54) is 22.3 Å². The van der Waals surface area contributed by atoms with Crippen molar-refractivity contribution in [3.05, 3.63) is 116 Å². The molecule has 102 heavy (non-hydrogen) atoms. The molecular formula is C80H104Cl2N6O12S2. The van der Waals surface area contributed by atoms with Crippen molar-refractivity contribution in [2.24, 2.45) is 35.5 Å². The summed E-state index contributed by atoms with van der Waals surface area (Å²) in [7, 11) is -7.92. The van der Waals surface area contributed by atoms with Gasteiger partial charge in [0.15, 0.2) is 0 Å². The second kappa shape index (κ2) is 31.4. The zero-order valence-corrected chi connectivity index (χ0v) is 63.1. The molecule has 2 spiro atoms. The Balaban J connectivity index is 0.000000182. The average Bonchev–Trinajstić information content (AvgIpc) is 1.48. The van der Waals surface area contributed by atoms with E-state index >= 15 is 0 Å². The van der Waals surface area contributed by atoms with E-state index in [2.05, 4.69) is 77.0 Å². The molecule has 18 nitrogen and oxygen atoms in total. The van der Waals surface area contributed by atoms with Crippen molar-refractivity contribution < 1.29 is 55.6 Å². The van der Waals surface area contributed by atoms with Gasteiger partial charge in [-0.15, -0.1) is 0 Å². The number of nitrogens with zero attached hydrogens (tertiary/aromatic N) is 4. The van der Waals surface area contributed by atoms with Crippen LogP contribution in [-0.4, -0.2) is 175 Å². The number of fused-ring (bicyclic) bond motifs is 8. The lowest BCUT2D eigenvalue weighted by molar-refractivity contribution is -0.0451. The Morgan fingerprint density at radius 3 is 1.33 bits per heavy atom. The Morgan fingerprint density at radius 1 is 0.529 bits per heavy atom. The first-order valence-corrected chi connectivity index (χ1v) is 41.6. The van der Waals surface area contributed by atoms with Gasteiger partial charge in [-0.05, 0) is 223 Å². The Labute approximate surface area is 615 Å². The Morgan fingerprint density at radius 2 is 0.941 bits per heavy atom. The highest BCUT2D eigenvalue weighted by molar-refractivity contribution is 7.91. The van der Waals surface area contributed by atoms with E-state index in [1.54, 1.807) is 50.2 Å². The lowest BCUT2D eigenvalue weighted by Gasteiger charge is -2.48. The predicted molar refractivity (Wildman–Crippen MR) is 400 cm³/mol. The quantitative estimate of drug-likeness (QED) is 0.140. The molecule has 4 aromatic rings. The van der Waals surface area contributed by atoms with Crippen LogP contribution in [0.2, 0.25) is 10.0 Å². The summed E-state index contributed by atoms with van der Waals surface area (Å²) in [6.45, 7) is 19.0. The normalized spacial score (nSPS) is 32.5. The number of aliphatic hydroxyl groups is 2. The van der Waals surface area contributed by atoms with Gasteiger partial charge in [0.05, 0.1) is 61.5 Å². The van der Waals surface area contributed by atoms with Gasteiger partial charge in [-0.1, -0.05) is 72.9 Å². The standard InChI is InChI=1S/2C40H52ClN3O6S/c2*1-28-7-5-17-40(46,16-3-4-18-43-19-21-49-22-20-43)35-12-9-32(35)25-44-26-39(15-6-8-30-23-33(41)11-13-34(30)39)27-50-37-14-10-31(24-36(37)44)38(45)42-51(47,48)29(28)2/h2*10-11,13-14,23-24,28-29,32,35,46H,4-9,12,15,17-22,25-27H2,1-2H3,(H,42,45)/t28-,29+,32-,35+,39-,40+;28-,29+,32-,35+,39-,40-/m00/s1. The van der Waals surface area contributed by atoms with E-state index < -0.39 is 53.6 Å². The number of halogens is 2. The van der Waals surface area contributed by atoms with Gasteiger partial charge in [-0.25, -0.2) is 26.3 Å². The maximum absolute atomic E-state index is 13.6. The van der Waals surface area contributed by atoms with Crippen molar-refractivity contribution in [1.29, 1.82) is 0 Å². The van der Waals surface area contributed by atoms with E-state index in [0.29, 0.717) is 102 Å². The minimum Gasteiger partial charge on any atom is -0.490 e. The molecule has 0 radical (unpaired) electrons. The first kappa shape index (κ1) is 74.6. The summed E-state index contributed by atoms with van der Waals surface area (Å²) in [4.78, 5) is 36.5. The maximum atomic E-state index is 13.6. The number of rotatable bonds is 4. The first-order chi connectivity index (χ1) is 48.9. The van der Waals surface area contributed by atoms with Gasteiger partial charge in [-0.3, -0.25) is 19.4 Å². The van der Waals surface area contributed by atoms with Crippen LogP contribution in [0.15, 0.2) is 72.8 Å². The van der Waals surface area contributed by atoms with Crippen molar-refractivity contribution in [3.8, 4) is 35.2 Å². The van der Waals surface area contributed by atoms with Crippen LogP contribution in [0.3, 0.4) is 0 Å². The summed E-state index contributed by atoms with van der Waals surface area (Å²) in [6, 6.07) is 22.9. The van der Waals surface area contributed by atoms with Crippen LogP contribution < -0.4 is 28.7 Å². The zero-order valence-electron chi connectivity index (χ0n) is 59.9. The van der Waals surface area contributed by atoms with Crippen LogP contribution >= 0.6 is 23.2 Å². The highest BCUT2D eigenvalue weighted by Crippen LogP contribution is 2.52. The monoisotopic (exact) mass is 1470 g/mol. The number of sulfonamides is 2. The molecule has 6 heterocycles. The number of hydrogen-bond acceptors (Lipinski definition) is 16. The van der Waals surface area contributed by atoms with E-state index in [9.17, 15) is 36.6 Å². The third kappa shape index (κ3) is 16.3. The molecule has 4 aliphatic carbocycles. The van der Waals surface area contributed by atoms with Crippen molar-refractivity contribution in [2.75, 3.05) is 115 Å². The molecule has 4 N–H and O–H groups in total. The second-order valence-corrected chi connectivity index (χ2v) is 36.4. The fourth-order valence-electron chi connectivity index (χ4n) is 18.1. The lowest BCUT2D eigenvalue weighted by atomic mass is 9.63. The summed E-state index contributed by atoms with van der Waals surface area (Å²) in [5.41, 5.74) is 4.12. The molecule has 0 unspecified atom stereocenters. The van der Waals surface area contributed by atoms with Gasteiger partial charge in [0.25, 0.3) is 11.8 Å². The molecule has 0 aromatic heterocycles. The molecule has 4 aromatic carbocycles. The van der Waals surface area contributed by atoms with Crippen molar-refractivity contribution >= 4 is 66.4 Å². The minimum absolute atomic E-state index is 0.0229. The summed E-state index contributed by atoms with van der Waals surface area (Å²) in [5, 5.41) is 24.8. The SMILES string of the molecule is C[C@@H]1[C@@H](C)CCC[C@@](O)(C#CCCN2CCOCC2)[C@@H]2CC[C@H]2CN2C[C@@]3(CCCc4cc(Cl)ccc43)COc3ccc(cc32)C(=O)NS1(=O)=O.C[C@@H]1[C@@H](C)CCC[C@](O)(C#CCCN2CCOCC2)[C@@H]2CC[C@H]2CN2C[C@@]3(CCCc4cc(Cl)ccc43)COc3ccc(cc32)C(=O)NS1(=O)=O. The minimum atomic E-state index is -3.96. The summed E-state index contributed by atoms with van der Waals surface area (Å²) < 4.78 is 82.9. The zero-order chi connectivity index (χ0) is 71.6. The van der Waals surface area contributed by atoms with Crippen LogP contribution in [-0.2, 0) is 53.2 Å². The number of amides is 2. The number of morpholine rings is 2. The molecule has 2 saturated heterocycles. The van der Waals surface area contributed by atoms with E-state index in [-0.39, 0.29) is 57.5 Å². The maximum Gasteiger partial charge on any atom is 0.264 e. The number of aryl methyl sites for hydroxylation is 2. The van der Waals surface area contributed by atoms with Gasteiger partial charge in [0, 0.05) is 122 Å². The molecule has 22 heteroatoms. The van der Waals surface area contributed by atoms with E-state index in [1.807, 2.05) is 26.0 Å². The summed E-state index contributed by atoms with van der Waals surface area (Å²) in [5.74, 6) is 13.5. The largest absolute Gasteiger partial charge is 0.490 e. The van der Waals surface area contributed by atoms with E-state index in [4.69, 9.17) is 42.1 Å². The Hall–Kier alpha value is -5.62. The van der Waals surface area contributed by atoms with Gasteiger partial charge >= 0.3 is 0 Å². The Kier molecular flexibility index (Phi) is 23.0. The van der Waals surface area contributed by atoms with Crippen molar-refractivity contribution in [2.45, 2.75) is 176 Å². The molecule has 4 fully saturated rings. The van der Waals surface area contributed by atoms with Crippen LogP contribution in [0.5, 0.6) is 11.5 Å². The fraction of sp³-hybridized carbons (Fsp3) is 0.625. The van der Waals surface area contributed by atoms with Crippen LogP contribution in [0.4, 0.5) is 11.4 Å². The van der Waals surface area contributed by atoms with Gasteiger partial charge < -0.3 is 39.0 Å². The number of ether oxygens (including phenoxy) is 4. The first-order valence-electron chi connectivity index (χ1n) is 37.7. The van der Waals surface area contributed by atoms with Crippen molar-refractivity contribution in [1.82, 2.24) is 19.2 Å². The second-order valence-electron chi connectivity index (χ2n) is 31.4. The molecule has 14 rings (SSSR count). The summed E-state index contributed by atoms with van der Waals surface area (Å²) in [6.07, 6.45) is 14.3. The highest BCUT2D eigenvalue weighted by atomic mass is 35.5. The molecule has 4 bridgehead atoms. The summed E-state index contributed by atoms with van der Waals surface area (Å²) >= 11 is 12.9. The molecule has 6 aliphatic heterocycles. The lowest BCUT2D eigenvalue weighted by Crippen LogP contribution is -2.52. The number of nitrogens with one attached hydrogen (secondary N) is 2. The van der Waals surface area contributed by atoms with Gasteiger partial charge in [0.1, 0.15) is 22.7 Å². The van der Waals surface area contributed by atoms with Crippen LogP contribution in [0.25, 0.3) is 0 Å². The molecule has 2 saturated carbocycles. The molecular weight excluding hydrogens is 1370 g/mol. The van der Waals surface area contributed by atoms with Gasteiger partial charge in [-0.2, -0.15) is 0 Å². The number of hydrogen-bond donors (Lipinski definition) is 4. The van der Waals surface area contributed by atoms with Crippen molar-refractivity contribution in [3.63, 3.8) is 0 Å². The van der Waals surface area contributed by atoms with Crippen LogP contribution in [0.1, 0.15) is 173 Å². The number of carbonyl (C=O) groups is 2. The third-order valence-corrected chi connectivity index (χ3v) is 29.3. The third-order valence-electron chi connectivity index (χ3n) is 25.0. The predicted octanol–water partition coefficient (Wildman–Crippen LogP) is 11.1. The topological polar surface area (TPSA) is 217 Å². The fourth-order valence-corrected chi connectivity index (χ4v) is 21.1. The average molecular weight is 1480 g/mol. The van der Waals surface area contributed by atoms with Gasteiger partial charge in [0.2, 0.25) is 20.0 Å². The number of anilines is 2. The smallest absolute Gasteiger partial charge is 0.264 e. The Bertz CT molecular complexity index is 3830. The molecule has 2 amide bonds. The number of benzene rings is 4. The number of carbonyl (C=O) groups excluding carboxylic acids is 2. The van der Waals surface area contributed by atoms with E-state index in [0.717, 1.165) is 151 Å². The highest BCUT2D eigenvalue weighted by Gasteiger charge is 2.51. The molecule has 10 aliphatic rings. The molecule has 552 valence electrons. The van der Waals surface area contributed by atoms with Crippen LogP contribution in [0, 0.1) is 59.2 Å².